The van der Waals surface area contributed by atoms with Crippen LogP contribution < -0.4 is 0 Å². The first-order chi connectivity index (χ1) is 8.47. The van der Waals surface area contributed by atoms with Crippen molar-refractivity contribution in [2.75, 3.05) is 13.1 Å². The van der Waals surface area contributed by atoms with Crippen LogP contribution in [0.25, 0.3) is 0 Å². The lowest BCUT2D eigenvalue weighted by Gasteiger charge is -2.18. The van der Waals surface area contributed by atoms with Crippen molar-refractivity contribution in [3.8, 4) is 0 Å². The maximum absolute atomic E-state index is 12.2. The van der Waals surface area contributed by atoms with Gasteiger partial charge in [0.2, 0.25) is 5.91 Å². The highest BCUT2D eigenvalue weighted by Gasteiger charge is 2.28. The van der Waals surface area contributed by atoms with E-state index in [9.17, 15) is 4.79 Å². The van der Waals surface area contributed by atoms with Gasteiger partial charge < -0.3 is 9.88 Å². The molecule has 0 aliphatic carbocycles. The van der Waals surface area contributed by atoms with Crippen molar-refractivity contribution in [2.24, 2.45) is 11.8 Å². The van der Waals surface area contributed by atoms with Crippen LogP contribution in [0, 0.1) is 22.7 Å². The second-order valence-electron chi connectivity index (χ2n) is 5.37. The number of H-pyrrole nitrogens is 1. The number of aromatic nitrogens is 1. The molecule has 0 saturated carbocycles. The van der Waals surface area contributed by atoms with E-state index in [1.807, 2.05) is 11.8 Å². The van der Waals surface area contributed by atoms with Gasteiger partial charge in [0.1, 0.15) is 0 Å². The van der Waals surface area contributed by atoms with Gasteiger partial charge in [-0.1, -0.05) is 13.8 Å². The molecule has 1 atom stereocenters. The molecule has 1 aromatic rings. The van der Waals surface area contributed by atoms with Crippen molar-refractivity contribution < 1.29 is 4.79 Å². The van der Waals surface area contributed by atoms with Crippen LogP contribution in [-0.2, 0) is 11.2 Å². The Morgan fingerprint density at radius 2 is 2.33 bits per heavy atom. The minimum Gasteiger partial charge on any atom is -0.342 e. The van der Waals surface area contributed by atoms with Crippen LogP contribution in [0.4, 0.5) is 0 Å². The maximum atomic E-state index is 12.2. The van der Waals surface area contributed by atoms with Crippen LogP contribution in [0.3, 0.4) is 0 Å². The topological polar surface area (TPSA) is 36.1 Å². The molecule has 0 aromatic carbocycles. The molecule has 0 bridgehead atoms. The summed E-state index contributed by atoms with van der Waals surface area (Å²) < 4.78 is 0.761. The molecule has 1 aliphatic rings. The number of carbonyl (C=O) groups is 1. The normalized spacial score (nSPS) is 19.8. The van der Waals surface area contributed by atoms with Gasteiger partial charge in [0.15, 0.2) is 3.95 Å². The molecule has 1 N–H and O–H groups in total. The molecule has 100 valence electrons. The van der Waals surface area contributed by atoms with Crippen LogP contribution in [0.1, 0.15) is 30.8 Å². The Labute approximate surface area is 117 Å². The molecule has 2 heterocycles. The highest BCUT2D eigenvalue weighted by molar-refractivity contribution is 7.73. The van der Waals surface area contributed by atoms with Crippen LogP contribution >= 0.6 is 23.6 Å². The molecular weight excluding hydrogens is 264 g/mol. The summed E-state index contributed by atoms with van der Waals surface area (Å²) in [6.07, 6.45) is 1.64. The number of nitrogens with one attached hydrogen (secondary N) is 1. The number of rotatable bonds is 3. The lowest BCUT2D eigenvalue weighted by molar-refractivity contribution is -0.129. The highest BCUT2D eigenvalue weighted by Crippen LogP contribution is 2.25. The fraction of sp³-hybridized carbons (Fsp3) is 0.692. The maximum Gasteiger partial charge on any atom is 0.227 e. The lowest BCUT2D eigenvalue weighted by Crippen LogP contribution is -2.30. The molecule has 1 aromatic heterocycles. The van der Waals surface area contributed by atoms with Crippen LogP contribution in [0.5, 0.6) is 0 Å². The highest BCUT2D eigenvalue weighted by atomic mass is 32.1. The summed E-state index contributed by atoms with van der Waals surface area (Å²) >= 11 is 6.62. The van der Waals surface area contributed by atoms with Crippen molar-refractivity contribution in [1.82, 2.24) is 9.88 Å². The number of aromatic amines is 1. The van der Waals surface area contributed by atoms with E-state index in [0.29, 0.717) is 18.3 Å². The molecule has 5 heteroatoms. The number of likely N-dealkylation sites (tertiary alicyclic amines) is 1. The zero-order valence-electron chi connectivity index (χ0n) is 11.2. The molecule has 1 unspecified atom stereocenters. The Balaban J connectivity index is 1.97. The fourth-order valence-electron chi connectivity index (χ4n) is 2.41. The van der Waals surface area contributed by atoms with Crippen molar-refractivity contribution in [1.29, 1.82) is 0 Å². The number of hydrogen-bond donors (Lipinski definition) is 1. The average Bonchev–Trinajstić information content (AvgIpc) is 2.86. The van der Waals surface area contributed by atoms with E-state index >= 15 is 0 Å². The first-order valence-corrected chi connectivity index (χ1v) is 7.66. The van der Waals surface area contributed by atoms with E-state index in [1.54, 1.807) is 0 Å². The molecule has 2 rings (SSSR count). The number of carbonyl (C=O) groups excluding carboxylic acids is 1. The first-order valence-electron chi connectivity index (χ1n) is 6.43. The minimum atomic E-state index is 0.242. The van der Waals surface area contributed by atoms with Crippen molar-refractivity contribution in [3.63, 3.8) is 0 Å². The summed E-state index contributed by atoms with van der Waals surface area (Å²) in [6, 6.07) is 0. The predicted octanol–water partition coefficient (Wildman–Crippen LogP) is 3.16. The number of amides is 1. The SMILES string of the molecule is Cc1[nH]c(=S)sc1CC(=O)N1CCC(C(C)C)C1. The predicted molar refractivity (Wildman–Crippen MR) is 77.5 cm³/mol. The van der Waals surface area contributed by atoms with Gasteiger partial charge in [-0.2, -0.15) is 0 Å². The smallest absolute Gasteiger partial charge is 0.227 e. The molecule has 18 heavy (non-hydrogen) atoms. The molecule has 1 saturated heterocycles. The van der Waals surface area contributed by atoms with Crippen LogP contribution in [-0.4, -0.2) is 28.9 Å². The molecule has 0 spiro atoms. The van der Waals surface area contributed by atoms with E-state index in [1.165, 1.54) is 11.3 Å². The minimum absolute atomic E-state index is 0.242. The Bertz CT molecular complexity index is 489. The van der Waals surface area contributed by atoms with Gasteiger partial charge in [-0.15, -0.1) is 11.3 Å². The van der Waals surface area contributed by atoms with Gasteiger partial charge in [0.25, 0.3) is 0 Å². The Morgan fingerprint density at radius 3 is 2.83 bits per heavy atom. The molecule has 1 fully saturated rings. The van der Waals surface area contributed by atoms with Gasteiger partial charge in [-0.3, -0.25) is 4.79 Å². The molecule has 0 radical (unpaired) electrons. The van der Waals surface area contributed by atoms with Gasteiger partial charge in [-0.05, 0) is 37.4 Å². The first kappa shape index (κ1) is 13.7. The standard InChI is InChI=1S/C13H20N2OS2/c1-8(2)10-4-5-15(7-10)12(16)6-11-9(3)14-13(17)18-11/h8,10H,4-7H2,1-3H3,(H,14,17). The van der Waals surface area contributed by atoms with E-state index in [4.69, 9.17) is 12.2 Å². The molecule has 3 nitrogen and oxygen atoms in total. The Hall–Kier alpha value is -0.680. The van der Waals surface area contributed by atoms with E-state index in [2.05, 4.69) is 18.8 Å². The second-order valence-corrected chi connectivity index (χ2v) is 7.14. The second kappa shape index (κ2) is 5.53. The van der Waals surface area contributed by atoms with E-state index in [0.717, 1.165) is 34.0 Å². The van der Waals surface area contributed by atoms with Crippen molar-refractivity contribution >= 4 is 29.5 Å². The Kier molecular flexibility index (Phi) is 4.22. The molecule has 1 amide bonds. The van der Waals surface area contributed by atoms with E-state index in [-0.39, 0.29) is 5.91 Å². The lowest BCUT2D eigenvalue weighted by atomic mass is 9.95. The quantitative estimate of drug-likeness (QED) is 0.866. The number of hydrogen-bond acceptors (Lipinski definition) is 3. The number of aryl methyl sites for hydroxylation is 1. The Morgan fingerprint density at radius 1 is 1.61 bits per heavy atom. The van der Waals surface area contributed by atoms with Crippen LogP contribution in [0.2, 0.25) is 0 Å². The third-order valence-corrected chi connectivity index (χ3v) is 5.09. The largest absolute Gasteiger partial charge is 0.342 e. The van der Waals surface area contributed by atoms with Gasteiger partial charge in [0, 0.05) is 23.7 Å². The molecule has 1 aliphatic heterocycles. The van der Waals surface area contributed by atoms with Gasteiger partial charge >= 0.3 is 0 Å². The molecular formula is C13H20N2OS2. The summed E-state index contributed by atoms with van der Waals surface area (Å²) in [4.78, 5) is 18.4. The third-order valence-electron chi connectivity index (χ3n) is 3.76. The van der Waals surface area contributed by atoms with Crippen molar-refractivity contribution in [3.05, 3.63) is 14.5 Å². The monoisotopic (exact) mass is 284 g/mol. The fourth-order valence-corrected chi connectivity index (χ4v) is 3.70. The zero-order valence-corrected chi connectivity index (χ0v) is 12.8. The summed E-state index contributed by atoms with van der Waals surface area (Å²) in [5.41, 5.74) is 1.04. The zero-order chi connectivity index (χ0) is 13.3. The van der Waals surface area contributed by atoms with Gasteiger partial charge in [-0.25, -0.2) is 0 Å². The van der Waals surface area contributed by atoms with Crippen LogP contribution in [0.15, 0.2) is 0 Å². The summed E-state index contributed by atoms with van der Waals surface area (Å²) in [5, 5.41) is 0. The number of thiazole rings is 1. The van der Waals surface area contributed by atoms with Crippen molar-refractivity contribution in [2.45, 2.75) is 33.6 Å². The summed E-state index contributed by atoms with van der Waals surface area (Å²) in [5.74, 6) is 1.57. The summed E-state index contributed by atoms with van der Waals surface area (Å²) in [6.45, 7) is 8.29. The van der Waals surface area contributed by atoms with Gasteiger partial charge in [0.05, 0.1) is 6.42 Å². The van der Waals surface area contributed by atoms with E-state index < -0.39 is 0 Å². The average molecular weight is 284 g/mol. The third kappa shape index (κ3) is 3.01. The summed E-state index contributed by atoms with van der Waals surface area (Å²) in [7, 11) is 0. The number of nitrogens with zero attached hydrogens (tertiary/aromatic N) is 1.